The summed E-state index contributed by atoms with van der Waals surface area (Å²) in [5.74, 6) is 0.414. The summed E-state index contributed by atoms with van der Waals surface area (Å²) in [6.45, 7) is 0. The molecule has 1 fully saturated rings. The molecule has 1 aromatic rings. The van der Waals surface area contributed by atoms with Gasteiger partial charge in [0.05, 0.1) is 7.11 Å². The molecule has 0 unspecified atom stereocenters. The Morgan fingerprint density at radius 2 is 2.10 bits per heavy atom. The highest BCUT2D eigenvalue weighted by Crippen LogP contribution is 2.38. The molecule has 0 radical (unpaired) electrons. The molecule has 1 saturated carbocycles. The fourth-order valence-corrected chi connectivity index (χ4v) is 3.91. The fourth-order valence-electron chi connectivity index (χ4n) is 2.59. The molecule has 2 atom stereocenters. The number of methoxy groups -OCH3 is 1. The zero-order chi connectivity index (χ0) is 14.4. The van der Waals surface area contributed by atoms with Crippen molar-refractivity contribution in [3.63, 3.8) is 0 Å². The van der Waals surface area contributed by atoms with Crippen LogP contribution in [0.4, 0.5) is 0 Å². The largest absolute Gasteiger partial charge is 0.469 e. The summed E-state index contributed by atoms with van der Waals surface area (Å²) in [6, 6.07) is 10.2. The van der Waals surface area contributed by atoms with Gasteiger partial charge in [-0.1, -0.05) is 18.2 Å². The SMILES string of the molecule is COC(=O)CC[C@@H]1CC(=O)CC[C@H]1Sc1ccccc1. The second kappa shape index (κ2) is 7.48. The van der Waals surface area contributed by atoms with Gasteiger partial charge in [-0.3, -0.25) is 9.59 Å². The summed E-state index contributed by atoms with van der Waals surface area (Å²) in [5.41, 5.74) is 0. The Kier molecular flexibility index (Phi) is 5.65. The van der Waals surface area contributed by atoms with Crippen LogP contribution in [-0.4, -0.2) is 24.1 Å². The first-order valence-corrected chi connectivity index (χ1v) is 7.87. The van der Waals surface area contributed by atoms with Crippen molar-refractivity contribution in [2.75, 3.05) is 7.11 Å². The minimum absolute atomic E-state index is 0.188. The van der Waals surface area contributed by atoms with Crippen LogP contribution in [0.15, 0.2) is 35.2 Å². The Bertz CT molecular complexity index is 458. The fraction of sp³-hybridized carbons (Fsp3) is 0.500. The first kappa shape index (κ1) is 15.1. The minimum atomic E-state index is -0.188. The second-order valence-electron chi connectivity index (χ2n) is 5.13. The van der Waals surface area contributed by atoms with Gasteiger partial charge in [-0.15, -0.1) is 11.8 Å². The second-order valence-corrected chi connectivity index (χ2v) is 6.44. The van der Waals surface area contributed by atoms with Gasteiger partial charge in [-0.25, -0.2) is 0 Å². The van der Waals surface area contributed by atoms with E-state index >= 15 is 0 Å². The van der Waals surface area contributed by atoms with E-state index in [0.717, 1.165) is 12.8 Å². The predicted molar refractivity (Wildman–Crippen MR) is 79.7 cm³/mol. The Hall–Kier alpha value is -1.29. The van der Waals surface area contributed by atoms with E-state index in [2.05, 4.69) is 12.1 Å². The molecule has 1 aromatic carbocycles. The van der Waals surface area contributed by atoms with Gasteiger partial charge in [0.2, 0.25) is 0 Å². The molecule has 2 rings (SSSR count). The topological polar surface area (TPSA) is 43.4 Å². The number of carbonyl (C=O) groups is 2. The number of hydrogen-bond donors (Lipinski definition) is 0. The molecular formula is C16H20O3S. The van der Waals surface area contributed by atoms with Crippen LogP contribution in [0.5, 0.6) is 0 Å². The maximum Gasteiger partial charge on any atom is 0.305 e. The Balaban J connectivity index is 1.96. The highest BCUT2D eigenvalue weighted by Gasteiger charge is 2.30. The molecular weight excluding hydrogens is 272 g/mol. The summed E-state index contributed by atoms with van der Waals surface area (Å²) in [6.07, 6.45) is 3.31. The van der Waals surface area contributed by atoms with Crippen LogP contribution in [0.1, 0.15) is 32.1 Å². The number of hydrogen-bond acceptors (Lipinski definition) is 4. The van der Waals surface area contributed by atoms with Gasteiger partial charge in [-0.2, -0.15) is 0 Å². The van der Waals surface area contributed by atoms with Crippen molar-refractivity contribution in [1.82, 2.24) is 0 Å². The van der Waals surface area contributed by atoms with E-state index in [9.17, 15) is 9.59 Å². The zero-order valence-electron chi connectivity index (χ0n) is 11.7. The van der Waals surface area contributed by atoms with Crippen LogP contribution in [0, 0.1) is 5.92 Å². The van der Waals surface area contributed by atoms with Crippen LogP contribution < -0.4 is 0 Å². The van der Waals surface area contributed by atoms with Gasteiger partial charge >= 0.3 is 5.97 Å². The lowest BCUT2D eigenvalue weighted by atomic mass is 9.85. The van der Waals surface area contributed by atoms with Gasteiger partial charge in [0.15, 0.2) is 0 Å². The summed E-state index contributed by atoms with van der Waals surface area (Å²) in [7, 11) is 1.41. The van der Waals surface area contributed by atoms with Crippen molar-refractivity contribution in [2.24, 2.45) is 5.92 Å². The van der Waals surface area contributed by atoms with Gasteiger partial charge in [0.25, 0.3) is 0 Å². The number of thioether (sulfide) groups is 1. The molecule has 108 valence electrons. The maximum absolute atomic E-state index is 11.7. The normalized spacial score (nSPS) is 22.6. The van der Waals surface area contributed by atoms with Crippen molar-refractivity contribution in [2.45, 2.75) is 42.2 Å². The number of benzene rings is 1. The van der Waals surface area contributed by atoms with Crippen LogP contribution in [0.25, 0.3) is 0 Å². The summed E-state index contributed by atoms with van der Waals surface area (Å²) in [4.78, 5) is 24.2. The lowest BCUT2D eigenvalue weighted by Crippen LogP contribution is -2.27. The molecule has 0 heterocycles. The molecule has 0 spiro atoms. The summed E-state index contributed by atoms with van der Waals surface area (Å²) >= 11 is 1.83. The quantitative estimate of drug-likeness (QED) is 0.779. The van der Waals surface area contributed by atoms with E-state index in [4.69, 9.17) is 4.74 Å². The Morgan fingerprint density at radius 3 is 2.80 bits per heavy atom. The highest BCUT2D eigenvalue weighted by atomic mass is 32.2. The number of Topliss-reactive ketones (excluding diaryl/α,β-unsaturated/α-hetero) is 1. The number of ether oxygens (including phenoxy) is 1. The van der Waals surface area contributed by atoms with Crippen molar-refractivity contribution >= 4 is 23.5 Å². The molecule has 0 N–H and O–H groups in total. The van der Waals surface area contributed by atoms with E-state index in [1.807, 2.05) is 30.0 Å². The molecule has 4 heteroatoms. The van der Waals surface area contributed by atoms with Crippen LogP contribution >= 0.6 is 11.8 Å². The third-order valence-corrected chi connectivity index (χ3v) is 5.17. The lowest BCUT2D eigenvalue weighted by Gasteiger charge is -2.30. The molecule has 1 aliphatic rings. The molecule has 0 amide bonds. The monoisotopic (exact) mass is 292 g/mol. The van der Waals surface area contributed by atoms with E-state index in [1.54, 1.807) is 0 Å². The molecule has 0 aromatic heterocycles. The van der Waals surface area contributed by atoms with E-state index in [0.29, 0.717) is 30.3 Å². The molecule has 0 saturated heterocycles. The first-order valence-electron chi connectivity index (χ1n) is 6.99. The highest BCUT2D eigenvalue weighted by molar-refractivity contribution is 8.00. The Morgan fingerprint density at radius 1 is 1.35 bits per heavy atom. The van der Waals surface area contributed by atoms with Gasteiger partial charge < -0.3 is 4.74 Å². The lowest BCUT2D eigenvalue weighted by molar-refractivity contribution is -0.141. The van der Waals surface area contributed by atoms with Gasteiger partial charge in [-0.05, 0) is 30.9 Å². The molecule has 0 aliphatic heterocycles. The van der Waals surface area contributed by atoms with Gasteiger partial charge in [0, 0.05) is 29.4 Å². The number of rotatable bonds is 5. The number of carbonyl (C=O) groups excluding carboxylic acids is 2. The van der Waals surface area contributed by atoms with E-state index < -0.39 is 0 Å². The van der Waals surface area contributed by atoms with Crippen LogP contribution in [0.2, 0.25) is 0 Å². The van der Waals surface area contributed by atoms with Crippen molar-refractivity contribution < 1.29 is 14.3 Å². The molecule has 1 aliphatic carbocycles. The van der Waals surface area contributed by atoms with Crippen molar-refractivity contribution in [3.05, 3.63) is 30.3 Å². The standard InChI is InChI=1S/C16H20O3S/c1-19-16(18)10-7-12-11-13(17)8-9-15(12)20-14-5-3-2-4-6-14/h2-6,12,15H,7-11H2,1H3/t12-,15-/m1/s1. The third-order valence-electron chi connectivity index (χ3n) is 3.70. The van der Waals surface area contributed by atoms with Crippen molar-refractivity contribution in [3.8, 4) is 0 Å². The van der Waals surface area contributed by atoms with E-state index in [1.165, 1.54) is 12.0 Å². The maximum atomic E-state index is 11.7. The third kappa shape index (κ3) is 4.37. The van der Waals surface area contributed by atoms with Crippen LogP contribution in [-0.2, 0) is 14.3 Å². The minimum Gasteiger partial charge on any atom is -0.469 e. The molecule has 20 heavy (non-hydrogen) atoms. The van der Waals surface area contributed by atoms with Gasteiger partial charge in [0.1, 0.15) is 5.78 Å². The van der Waals surface area contributed by atoms with E-state index in [-0.39, 0.29) is 11.9 Å². The zero-order valence-corrected chi connectivity index (χ0v) is 12.5. The first-order chi connectivity index (χ1) is 9.69. The Labute approximate surface area is 124 Å². The average Bonchev–Trinajstić information content (AvgIpc) is 2.48. The van der Waals surface area contributed by atoms with Crippen molar-refractivity contribution in [1.29, 1.82) is 0 Å². The molecule has 0 bridgehead atoms. The average molecular weight is 292 g/mol. The summed E-state index contributed by atoms with van der Waals surface area (Å²) < 4.78 is 4.69. The number of ketones is 1. The predicted octanol–water partition coefficient (Wildman–Crippen LogP) is 3.47. The molecule has 3 nitrogen and oxygen atoms in total. The smallest absolute Gasteiger partial charge is 0.305 e. The summed E-state index contributed by atoms with van der Waals surface area (Å²) in [5, 5.41) is 0.416. The number of esters is 1. The van der Waals surface area contributed by atoms with Crippen LogP contribution in [0.3, 0.4) is 0 Å².